The second kappa shape index (κ2) is 7.68. The van der Waals surface area contributed by atoms with Gasteiger partial charge in [-0.05, 0) is 25.3 Å². The molecule has 0 atom stereocenters. The molecule has 20 heavy (non-hydrogen) atoms. The molecular formula is C16H24N2O2. The van der Waals surface area contributed by atoms with Crippen LogP contribution < -0.4 is 5.32 Å². The SMILES string of the molecule is CC(C)CNC(=O)C(=O)N(Cc1ccccc1)C(C)C. The van der Waals surface area contributed by atoms with Gasteiger partial charge in [0.15, 0.2) is 0 Å². The fourth-order valence-electron chi connectivity index (χ4n) is 1.77. The number of carbonyl (C=O) groups is 2. The Morgan fingerprint density at radius 1 is 1.10 bits per heavy atom. The summed E-state index contributed by atoms with van der Waals surface area (Å²) < 4.78 is 0. The topological polar surface area (TPSA) is 49.4 Å². The van der Waals surface area contributed by atoms with Crippen LogP contribution in [-0.4, -0.2) is 29.3 Å². The minimum absolute atomic E-state index is 0.0208. The highest BCUT2D eigenvalue weighted by molar-refractivity contribution is 6.35. The van der Waals surface area contributed by atoms with Gasteiger partial charge in [-0.2, -0.15) is 0 Å². The van der Waals surface area contributed by atoms with E-state index in [1.165, 1.54) is 0 Å². The first kappa shape index (κ1) is 16.2. The predicted octanol–water partition coefficient (Wildman–Crippen LogP) is 2.20. The Labute approximate surface area is 121 Å². The van der Waals surface area contributed by atoms with Gasteiger partial charge in [-0.1, -0.05) is 44.2 Å². The fraction of sp³-hybridized carbons (Fsp3) is 0.500. The number of carbonyl (C=O) groups excluding carboxylic acids is 2. The molecule has 4 heteroatoms. The molecule has 2 amide bonds. The number of benzene rings is 1. The standard InChI is InChI=1S/C16H24N2O2/c1-12(2)10-17-15(19)16(20)18(13(3)4)11-14-8-6-5-7-9-14/h5-9,12-13H,10-11H2,1-4H3,(H,17,19). The van der Waals surface area contributed by atoms with Crippen molar-refractivity contribution in [2.24, 2.45) is 5.92 Å². The maximum absolute atomic E-state index is 12.2. The van der Waals surface area contributed by atoms with Gasteiger partial charge in [0.25, 0.3) is 0 Å². The smallest absolute Gasteiger partial charge is 0.312 e. The molecule has 0 unspecified atom stereocenters. The molecule has 0 fully saturated rings. The fourth-order valence-corrected chi connectivity index (χ4v) is 1.77. The van der Waals surface area contributed by atoms with Crippen LogP contribution in [0.2, 0.25) is 0 Å². The van der Waals surface area contributed by atoms with Gasteiger partial charge in [0.1, 0.15) is 0 Å². The molecule has 1 aromatic rings. The van der Waals surface area contributed by atoms with E-state index < -0.39 is 11.8 Å². The minimum Gasteiger partial charge on any atom is -0.348 e. The number of hydrogen-bond donors (Lipinski definition) is 1. The van der Waals surface area contributed by atoms with Crippen LogP contribution in [0.25, 0.3) is 0 Å². The Bertz CT molecular complexity index is 441. The quantitative estimate of drug-likeness (QED) is 0.838. The molecule has 1 aromatic carbocycles. The van der Waals surface area contributed by atoms with Crippen molar-refractivity contribution in [3.63, 3.8) is 0 Å². The highest BCUT2D eigenvalue weighted by Crippen LogP contribution is 2.08. The van der Waals surface area contributed by atoms with Gasteiger partial charge >= 0.3 is 11.8 Å². The minimum atomic E-state index is -0.525. The van der Waals surface area contributed by atoms with Gasteiger partial charge in [-0.3, -0.25) is 9.59 Å². The van der Waals surface area contributed by atoms with Crippen LogP contribution in [-0.2, 0) is 16.1 Å². The molecular weight excluding hydrogens is 252 g/mol. The molecule has 0 aliphatic rings. The molecule has 0 bridgehead atoms. The van der Waals surface area contributed by atoms with Gasteiger partial charge < -0.3 is 10.2 Å². The van der Waals surface area contributed by atoms with E-state index in [4.69, 9.17) is 0 Å². The molecule has 1 N–H and O–H groups in total. The first-order valence-electron chi connectivity index (χ1n) is 7.04. The van der Waals surface area contributed by atoms with Gasteiger partial charge in [0.05, 0.1) is 0 Å². The summed E-state index contributed by atoms with van der Waals surface area (Å²) in [4.78, 5) is 25.7. The van der Waals surface area contributed by atoms with E-state index in [2.05, 4.69) is 5.32 Å². The van der Waals surface area contributed by atoms with E-state index in [1.54, 1.807) is 4.90 Å². The summed E-state index contributed by atoms with van der Waals surface area (Å²) in [5, 5.41) is 2.67. The third kappa shape index (κ3) is 5.03. The maximum Gasteiger partial charge on any atom is 0.312 e. The zero-order valence-corrected chi connectivity index (χ0v) is 12.7. The lowest BCUT2D eigenvalue weighted by Gasteiger charge is -2.26. The highest BCUT2D eigenvalue weighted by atomic mass is 16.2. The number of nitrogens with one attached hydrogen (secondary N) is 1. The first-order chi connectivity index (χ1) is 9.41. The molecule has 0 radical (unpaired) electrons. The molecule has 0 heterocycles. The average Bonchev–Trinajstić information content (AvgIpc) is 2.42. The summed E-state index contributed by atoms with van der Waals surface area (Å²) >= 11 is 0. The monoisotopic (exact) mass is 276 g/mol. The van der Waals surface area contributed by atoms with E-state index in [0.717, 1.165) is 5.56 Å². The molecule has 0 saturated carbocycles. The lowest BCUT2D eigenvalue weighted by atomic mass is 10.2. The van der Waals surface area contributed by atoms with Crippen molar-refractivity contribution in [3.8, 4) is 0 Å². The Balaban J connectivity index is 2.70. The van der Waals surface area contributed by atoms with Crippen molar-refractivity contribution < 1.29 is 9.59 Å². The van der Waals surface area contributed by atoms with Gasteiger partial charge in [-0.25, -0.2) is 0 Å². The second-order valence-electron chi connectivity index (χ2n) is 5.62. The number of amides is 2. The van der Waals surface area contributed by atoms with Crippen LogP contribution in [0.5, 0.6) is 0 Å². The lowest BCUT2D eigenvalue weighted by Crippen LogP contribution is -2.46. The third-order valence-corrected chi connectivity index (χ3v) is 2.95. The Kier molecular flexibility index (Phi) is 6.22. The molecule has 1 rings (SSSR count). The summed E-state index contributed by atoms with van der Waals surface area (Å²) in [6, 6.07) is 9.67. The van der Waals surface area contributed by atoms with E-state index in [0.29, 0.717) is 19.0 Å². The Hall–Kier alpha value is -1.84. The average molecular weight is 276 g/mol. The number of nitrogens with zero attached hydrogens (tertiary/aromatic N) is 1. The Morgan fingerprint density at radius 3 is 2.20 bits per heavy atom. The van der Waals surface area contributed by atoms with Crippen LogP contribution in [0.3, 0.4) is 0 Å². The van der Waals surface area contributed by atoms with E-state index in [1.807, 2.05) is 58.0 Å². The van der Waals surface area contributed by atoms with Crippen LogP contribution in [0.4, 0.5) is 0 Å². The molecule has 0 aromatic heterocycles. The first-order valence-corrected chi connectivity index (χ1v) is 7.04. The lowest BCUT2D eigenvalue weighted by molar-refractivity contribution is -0.147. The van der Waals surface area contributed by atoms with Crippen LogP contribution in [0.1, 0.15) is 33.3 Å². The number of hydrogen-bond acceptors (Lipinski definition) is 2. The van der Waals surface area contributed by atoms with E-state index in [9.17, 15) is 9.59 Å². The van der Waals surface area contributed by atoms with Crippen LogP contribution in [0.15, 0.2) is 30.3 Å². The van der Waals surface area contributed by atoms with Crippen molar-refractivity contribution in [2.45, 2.75) is 40.3 Å². The molecule has 4 nitrogen and oxygen atoms in total. The normalized spacial score (nSPS) is 10.7. The Morgan fingerprint density at radius 2 is 1.70 bits per heavy atom. The third-order valence-electron chi connectivity index (χ3n) is 2.95. The summed E-state index contributed by atoms with van der Waals surface area (Å²) in [5.74, 6) is -0.666. The van der Waals surface area contributed by atoms with Gasteiger partial charge in [0, 0.05) is 19.1 Å². The summed E-state index contributed by atoms with van der Waals surface area (Å²) in [7, 11) is 0. The van der Waals surface area contributed by atoms with Crippen molar-refractivity contribution in [2.75, 3.05) is 6.54 Å². The maximum atomic E-state index is 12.2. The zero-order valence-electron chi connectivity index (χ0n) is 12.7. The van der Waals surface area contributed by atoms with E-state index >= 15 is 0 Å². The molecule has 0 spiro atoms. The number of rotatable bonds is 5. The largest absolute Gasteiger partial charge is 0.348 e. The van der Waals surface area contributed by atoms with Crippen molar-refractivity contribution in [1.29, 1.82) is 0 Å². The van der Waals surface area contributed by atoms with Gasteiger partial charge in [-0.15, -0.1) is 0 Å². The molecule has 0 saturated heterocycles. The molecule has 0 aliphatic carbocycles. The van der Waals surface area contributed by atoms with Crippen LogP contribution in [0, 0.1) is 5.92 Å². The van der Waals surface area contributed by atoms with Crippen molar-refractivity contribution in [1.82, 2.24) is 10.2 Å². The molecule has 110 valence electrons. The van der Waals surface area contributed by atoms with Crippen molar-refractivity contribution >= 4 is 11.8 Å². The summed E-state index contributed by atoms with van der Waals surface area (Å²) in [6.07, 6.45) is 0. The predicted molar refractivity (Wildman–Crippen MR) is 80.0 cm³/mol. The van der Waals surface area contributed by atoms with E-state index in [-0.39, 0.29) is 6.04 Å². The summed E-state index contributed by atoms with van der Waals surface area (Å²) in [6.45, 7) is 8.78. The summed E-state index contributed by atoms with van der Waals surface area (Å²) in [5.41, 5.74) is 1.02. The van der Waals surface area contributed by atoms with Gasteiger partial charge in [0.2, 0.25) is 0 Å². The highest BCUT2D eigenvalue weighted by Gasteiger charge is 2.24. The molecule has 0 aliphatic heterocycles. The van der Waals surface area contributed by atoms with Crippen LogP contribution >= 0.6 is 0 Å². The van der Waals surface area contributed by atoms with Crippen molar-refractivity contribution in [3.05, 3.63) is 35.9 Å². The second-order valence-corrected chi connectivity index (χ2v) is 5.62. The zero-order chi connectivity index (χ0) is 15.1.